The lowest BCUT2D eigenvalue weighted by molar-refractivity contribution is -0.127. The Morgan fingerprint density at radius 3 is 2.64 bits per heavy atom. The van der Waals surface area contributed by atoms with E-state index in [1.807, 2.05) is 18.2 Å². The third-order valence-corrected chi connectivity index (χ3v) is 4.83. The zero-order valence-electron chi connectivity index (χ0n) is 16.5. The van der Waals surface area contributed by atoms with Gasteiger partial charge in [0.1, 0.15) is 5.54 Å². The molecular formula is C21H24FN3O3. The molecule has 7 heteroatoms. The van der Waals surface area contributed by atoms with Gasteiger partial charge in [-0.15, -0.1) is 0 Å². The van der Waals surface area contributed by atoms with Crippen LogP contribution >= 0.6 is 0 Å². The van der Waals surface area contributed by atoms with Crippen molar-refractivity contribution in [3.8, 4) is 5.75 Å². The fourth-order valence-corrected chi connectivity index (χ4v) is 3.38. The van der Waals surface area contributed by atoms with Crippen LogP contribution in [0.4, 0.5) is 15.8 Å². The minimum Gasteiger partial charge on any atom is -0.494 e. The first-order valence-electron chi connectivity index (χ1n) is 8.98. The van der Waals surface area contributed by atoms with E-state index in [9.17, 15) is 14.0 Å². The number of carbonyl (C=O) groups is 2. The highest BCUT2D eigenvalue weighted by Crippen LogP contribution is 2.36. The smallest absolute Gasteiger partial charge is 0.250 e. The van der Waals surface area contributed by atoms with E-state index >= 15 is 0 Å². The zero-order chi connectivity index (χ0) is 20.5. The number of ether oxygens (including phenoxy) is 1. The van der Waals surface area contributed by atoms with Gasteiger partial charge < -0.3 is 10.1 Å². The van der Waals surface area contributed by atoms with Gasteiger partial charge in [-0.3, -0.25) is 19.4 Å². The summed E-state index contributed by atoms with van der Waals surface area (Å²) in [5.41, 5.74) is 0.990. The van der Waals surface area contributed by atoms with Crippen molar-refractivity contribution in [3.05, 3.63) is 53.8 Å². The molecule has 0 unspecified atom stereocenters. The van der Waals surface area contributed by atoms with Crippen molar-refractivity contribution in [2.75, 3.05) is 30.9 Å². The number of nitrogens with zero attached hydrogens (tertiary/aromatic N) is 2. The Morgan fingerprint density at radius 2 is 1.96 bits per heavy atom. The number of nitrogens with one attached hydrogen (secondary N) is 1. The van der Waals surface area contributed by atoms with Crippen LogP contribution in [0.5, 0.6) is 5.75 Å². The Labute approximate surface area is 163 Å². The molecule has 0 spiro atoms. The topological polar surface area (TPSA) is 61.9 Å². The molecule has 0 atom stereocenters. The lowest BCUT2D eigenvalue weighted by Gasteiger charge is -2.42. The fourth-order valence-electron chi connectivity index (χ4n) is 3.38. The molecule has 2 aromatic rings. The lowest BCUT2D eigenvalue weighted by atomic mass is 9.96. The second-order valence-corrected chi connectivity index (χ2v) is 7.40. The summed E-state index contributed by atoms with van der Waals surface area (Å²) < 4.78 is 18.8. The summed E-state index contributed by atoms with van der Waals surface area (Å²) in [4.78, 5) is 28.9. The van der Waals surface area contributed by atoms with Crippen LogP contribution in [0.3, 0.4) is 0 Å². The summed E-state index contributed by atoms with van der Waals surface area (Å²) in [6.45, 7) is 3.90. The second kappa shape index (κ2) is 7.59. The molecule has 1 N–H and O–H groups in total. The van der Waals surface area contributed by atoms with E-state index in [1.165, 1.54) is 18.1 Å². The normalized spacial score (nSPS) is 15.2. The third kappa shape index (κ3) is 3.71. The molecule has 2 aromatic carbocycles. The summed E-state index contributed by atoms with van der Waals surface area (Å²) in [7, 11) is 3.19. The van der Waals surface area contributed by atoms with Crippen molar-refractivity contribution >= 4 is 23.2 Å². The largest absolute Gasteiger partial charge is 0.494 e. The predicted octanol–water partition coefficient (Wildman–Crippen LogP) is 3.03. The van der Waals surface area contributed by atoms with Crippen molar-refractivity contribution in [2.45, 2.75) is 25.9 Å². The summed E-state index contributed by atoms with van der Waals surface area (Å²) in [5, 5.41) is 2.85. The molecule has 28 heavy (non-hydrogen) atoms. The number of likely N-dealkylation sites (N-methyl/N-ethyl adjacent to an activating group) is 1. The molecule has 2 amide bonds. The number of amides is 2. The van der Waals surface area contributed by atoms with Crippen LogP contribution in [0.15, 0.2) is 42.5 Å². The number of carbonyl (C=O) groups excluding carboxylic acids is 2. The molecule has 3 rings (SSSR count). The highest BCUT2D eigenvalue weighted by Gasteiger charge is 2.43. The Kier molecular flexibility index (Phi) is 5.38. The molecule has 0 bridgehead atoms. The van der Waals surface area contributed by atoms with E-state index in [0.717, 1.165) is 5.56 Å². The summed E-state index contributed by atoms with van der Waals surface area (Å²) in [5.74, 6) is -0.703. The van der Waals surface area contributed by atoms with Gasteiger partial charge in [0.15, 0.2) is 11.6 Å². The Hall–Kier alpha value is -2.93. The van der Waals surface area contributed by atoms with E-state index < -0.39 is 11.4 Å². The minimum atomic E-state index is -1.02. The number of fused-ring (bicyclic) bond motifs is 1. The molecule has 0 aromatic heterocycles. The van der Waals surface area contributed by atoms with Crippen molar-refractivity contribution in [1.82, 2.24) is 4.90 Å². The third-order valence-electron chi connectivity index (χ3n) is 4.83. The second-order valence-electron chi connectivity index (χ2n) is 7.40. The number of rotatable bonds is 5. The minimum absolute atomic E-state index is 0.0820. The number of halogens is 1. The molecule has 0 radical (unpaired) electrons. The van der Waals surface area contributed by atoms with Crippen LogP contribution in [0, 0.1) is 5.82 Å². The van der Waals surface area contributed by atoms with E-state index in [1.54, 1.807) is 44.0 Å². The fraction of sp³-hybridized carbons (Fsp3) is 0.333. The monoisotopic (exact) mass is 385 g/mol. The van der Waals surface area contributed by atoms with Crippen LogP contribution in [0.1, 0.15) is 19.4 Å². The Morgan fingerprint density at radius 1 is 1.25 bits per heavy atom. The number of methoxy groups -OCH3 is 1. The molecule has 1 heterocycles. The first kappa shape index (κ1) is 19.8. The number of benzene rings is 2. The average Bonchev–Trinajstić information content (AvgIpc) is 2.62. The van der Waals surface area contributed by atoms with Gasteiger partial charge in [-0.05, 0) is 50.7 Å². The molecule has 6 nitrogen and oxygen atoms in total. The molecule has 0 fully saturated rings. The first-order chi connectivity index (χ1) is 13.2. The molecule has 0 saturated heterocycles. The van der Waals surface area contributed by atoms with Gasteiger partial charge in [0.2, 0.25) is 11.8 Å². The number of hydrogen-bond donors (Lipinski definition) is 1. The maximum absolute atomic E-state index is 13.9. The van der Waals surface area contributed by atoms with Crippen LogP contribution in [0.25, 0.3) is 0 Å². The molecular weight excluding hydrogens is 361 g/mol. The van der Waals surface area contributed by atoms with Crippen molar-refractivity contribution < 1.29 is 18.7 Å². The van der Waals surface area contributed by atoms with Gasteiger partial charge in [-0.25, -0.2) is 4.39 Å². The molecule has 0 aliphatic carbocycles. The van der Waals surface area contributed by atoms with Gasteiger partial charge in [0.25, 0.3) is 0 Å². The van der Waals surface area contributed by atoms with Gasteiger partial charge in [0.05, 0.1) is 25.0 Å². The standard InChI is InChI=1S/C21H24FN3O3/c1-21(2)20(27)23-16-7-5-6-8-17(16)25(21)19(26)13-24(3)12-14-9-10-18(28-4)15(22)11-14/h5-11H,12-13H2,1-4H3,(H,23,27). The summed E-state index contributed by atoms with van der Waals surface area (Å²) in [6, 6.07) is 11.9. The predicted molar refractivity (Wildman–Crippen MR) is 106 cm³/mol. The molecule has 0 saturated carbocycles. The Balaban J connectivity index is 1.78. The molecule has 148 valence electrons. The van der Waals surface area contributed by atoms with E-state index in [-0.39, 0.29) is 24.1 Å². The van der Waals surface area contributed by atoms with Crippen LogP contribution in [0.2, 0.25) is 0 Å². The highest BCUT2D eigenvalue weighted by atomic mass is 19.1. The molecule has 1 aliphatic heterocycles. The Bertz CT molecular complexity index is 914. The van der Waals surface area contributed by atoms with Gasteiger partial charge in [-0.2, -0.15) is 0 Å². The van der Waals surface area contributed by atoms with Crippen LogP contribution in [-0.4, -0.2) is 43.0 Å². The van der Waals surface area contributed by atoms with Crippen molar-refractivity contribution in [1.29, 1.82) is 0 Å². The SMILES string of the molecule is COc1ccc(CN(C)CC(=O)N2c3ccccc3NC(=O)C2(C)C)cc1F. The van der Waals surface area contributed by atoms with E-state index in [4.69, 9.17) is 4.74 Å². The molecule has 1 aliphatic rings. The highest BCUT2D eigenvalue weighted by molar-refractivity contribution is 6.14. The van der Waals surface area contributed by atoms with Crippen LogP contribution < -0.4 is 15.0 Å². The van der Waals surface area contributed by atoms with Crippen molar-refractivity contribution in [3.63, 3.8) is 0 Å². The number of hydrogen-bond acceptors (Lipinski definition) is 4. The summed E-state index contributed by atoms with van der Waals surface area (Å²) in [6.07, 6.45) is 0. The van der Waals surface area contributed by atoms with Crippen LogP contribution in [-0.2, 0) is 16.1 Å². The van der Waals surface area contributed by atoms with Gasteiger partial charge in [-0.1, -0.05) is 18.2 Å². The average molecular weight is 385 g/mol. The maximum Gasteiger partial charge on any atom is 0.250 e. The van der Waals surface area contributed by atoms with E-state index in [2.05, 4.69) is 5.32 Å². The maximum atomic E-state index is 13.9. The van der Waals surface area contributed by atoms with Gasteiger partial charge in [0, 0.05) is 6.54 Å². The lowest BCUT2D eigenvalue weighted by Crippen LogP contribution is -2.60. The van der Waals surface area contributed by atoms with Crippen molar-refractivity contribution in [2.24, 2.45) is 0 Å². The number of para-hydroxylation sites is 2. The zero-order valence-corrected chi connectivity index (χ0v) is 16.5. The van der Waals surface area contributed by atoms with Gasteiger partial charge >= 0.3 is 0 Å². The number of anilines is 2. The summed E-state index contributed by atoms with van der Waals surface area (Å²) >= 11 is 0. The first-order valence-corrected chi connectivity index (χ1v) is 8.98. The van der Waals surface area contributed by atoms with E-state index in [0.29, 0.717) is 17.9 Å². The quantitative estimate of drug-likeness (QED) is 0.860.